The van der Waals surface area contributed by atoms with Gasteiger partial charge in [-0.1, -0.05) is 86.7 Å². The lowest BCUT2D eigenvalue weighted by Gasteiger charge is -2.64. The van der Waals surface area contributed by atoms with Gasteiger partial charge in [0.15, 0.2) is 0 Å². The second-order valence-electron chi connectivity index (χ2n) is 24.1. The van der Waals surface area contributed by atoms with E-state index in [1.54, 1.807) is 6.92 Å². The van der Waals surface area contributed by atoms with Crippen molar-refractivity contribution < 1.29 is 34.8 Å². The smallest absolute Gasteiger partial charge is 0.319 e. The molecule has 0 heterocycles. The molecule has 9 heteroatoms. The minimum atomic E-state index is -0.231. The van der Waals surface area contributed by atoms with Crippen LogP contribution >= 0.6 is 31.9 Å². The number of fused-ring (bicyclic) bond motifs is 10. The molecule has 8 aliphatic carbocycles. The summed E-state index contributed by atoms with van der Waals surface area (Å²) >= 11 is 7.15. The molecular formula is C52H86Br2O7. The standard InChI is InChI=1S/C27H45BrO3.C25H41BrO4/c1-6-18-22-14-17(30)9-11-27(22,5)21-10-12-26(4)19(15(2)13-23(28)16(3)29)7-8-20(26)24(21)25(18)31;1-14(11-20(26)23(29)30-4)17-5-6-18-22-19(8-10-25(17,18)3)24(2)9-7-16(27)12-15(24)13-21(22)28/h15,17-25,30-31H,6-14H2,1-5H3;14-22,27-28H,5-13H2,1-4H3/t15-,17-,18-,19?,20?,21?,22+,23?,24?,25-,26-,27-;14-,15+,16-,17?,18?,19?,20?,21-,22?,24+,25-/m11/s1. The lowest BCUT2D eigenvalue weighted by Crippen LogP contribution is -2.62. The van der Waals surface area contributed by atoms with Gasteiger partial charge in [0.2, 0.25) is 0 Å². The minimum absolute atomic E-state index is 0.0282. The lowest BCUT2D eigenvalue weighted by molar-refractivity contribution is -0.203. The number of aliphatic hydroxyl groups is 4. The Morgan fingerprint density at radius 2 is 1.10 bits per heavy atom. The van der Waals surface area contributed by atoms with Crippen molar-refractivity contribution in [1.29, 1.82) is 0 Å². The van der Waals surface area contributed by atoms with Gasteiger partial charge in [-0.3, -0.25) is 9.59 Å². The Morgan fingerprint density at radius 3 is 1.64 bits per heavy atom. The zero-order valence-electron chi connectivity index (χ0n) is 39.5. The van der Waals surface area contributed by atoms with Crippen LogP contribution in [0, 0.1) is 98.6 Å². The van der Waals surface area contributed by atoms with Crippen molar-refractivity contribution in [2.45, 2.75) is 205 Å². The van der Waals surface area contributed by atoms with Gasteiger partial charge in [0, 0.05) is 0 Å². The zero-order chi connectivity index (χ0) is 44.6. The van der Waals surface area contributed by atoms with Crippen LogP contribution in [0.25, 0.3) is 0 Å². The van der Waals surface area contributed by atoms with Crippen molar-refractivity contribution in [2.75, 3.05) is 7.11 Å². The molecule has 10 unspecified atom stereocenters. The molecule has 0 aliphatic heterocycles. The summed E-state index contributed by atoms with van der Waals surface area (Å²) < 4.78 is 4.92. The summed E-state index contributed by atoms with van der Waals surface area (Å²) in [5, 5.41) is 43.8. The monoisotopic (exact) mass is 980 g/mol. The van der Waals surface area contributed by atoms with E-state index in [9.17, 15) is 30.0 Å². The van der Waals surface area contributed by atoms with Crippen molar-refractivity contribution in [3.63, 3.8) is 0 Å². The Hall–Kier alpha value is -0.0600. The summed E-state index contributed by atoms with van der Waals surface area (Å²) in [6.07, 6.45) is 18.5. The average Bonchev–Trinajstić information content (AvgIpc) is 3.76. The minimum Gasteiger partial charge on any atom is -0.468 e. The van der Waals surface area contributed by atoms with Crippen LogP contribution in [0.15, 0.2) is 0 Å². The molecule has 8 fully saturated rings. The number of carbonyl (C=O) groups excluding carboxylic acids is 2. The predicted molar refractivity (Wildman–Crippen MR) is 250 cm³/mol. The SMILES string of the molecule is CC[C@H]1[C@@H](O)C2C3CCC([C@H](C)CC(Br)C(C)=O)[C@@]3(C)CCC2[C@@]2(C)CC[C@@H](O)C[C@@H]12.COC(=O)C(Br)C[C@@H](C)C1CCC2C3C(CC[C@@]21C)[C@@]1(C)CC[C@@H](O)C[C@H]1C[C@H]3O. The van der Waals surface area contributed by atoms with Gasteiger partial charge < -0.3 is 25.2 Å². The Labute approximate surface area is 387 Å². The summed E-state index contributed by atoms with van der Waals surface area (Å²) in [7, 11) is 1.46. The number of methoxy groups -OCH3 is 1. The fraction of sp³-hybridized carbons (Fsp3) is 0.962. The topological polar surface area (TPSA) is 124 Å². The van der Waals surface area contributed by atoms with E-state index in [2.05, 4.69) is 80.3 Å². The third-order valence-corrected chi connectivity index (χ3v) is 23.4. The van der Waals surface area contributed by atoms with Crippen molar-refractivity contribution in [3.05, 3.63) is 0 Å². The number of esters is 1. The summed E-state index contributed by atoms with van der Waals surface area (Å²) in [6.45, 7) is 18.6. The highest BCUT2D eigenvalue weighted by Crippen LogP contribution is 2.71. The maximum Gasteiger partial charge on any atom is 0.319 e. The number of ketones is 1. The molecule has 0 saturated heterocycles. The lowest BCUT2D eigenvalue weighted by atomic mass is 9.41. The average molecular weight is 983 g/mol. The van der Waals surface area contributed by atoms with Gasteiger partial charge in [-0.2, -0.15) is 0 Å². The first kappa shape index (κ1) is 48.9. The fourth-order valence-corrected chi connectivity index (χ4v) is 19.8. The third-order valence-electron chi connectivity index (χ3n) is 21.6. The molecule has 0 bridgehead atoms. The van der Waals surface area contributed by atoms with E-state index in [0.717, 1.165) is 64.2 Å². The first-order valence-electron chi connectivity index (χ1n) is 25.2. The summed E-state index contributed by atoms with van der Waals surface area (Å²) in [5.41, 5.74) is 1.08. The highest BCUT2D eigenvalue weighted by molar-refractivity contribution is 9.10. The molecule has 8 aliphatic rings. The van der Waals surface area contributed by atoms with Gasteiger partial charge in [0.05, 0.1) is 36.4 Å². The molecule has 350 valence electrons. The molecule has 8 saturated carbocycles. The number of hydrogen-bond acceptors (Lipinski definition) is 7. The first-order chi connectivity index (χ1) is 28.7. The van der Waals surface area contributed by atoms with Crippen molar-refractivity contribution in [3.8, 4) is 0 Å². The molecule has 61 heavy (non-hydrogen) atoms. The first-order valence-corrected chi connectivity index (χ1v) is 27.1. The molecule has 0 aromatic heterocycles. The van der Waals surface area contributed by atoms with Gasteiger partial charge in [0.25, 0.3) is 0 Å². The molecule has 23 atom stereocenters. The van der Waals surface area contributed by atoms with E-state index in [1.807, 2.05) is 0 Å². The molecule has 0 aromatic carbocycles. The van der Waals surface area contributed by atoms with Gasteiger partial charge >= 0.3 is 5.97 Å². The summed E-state index contributed by atoms with van der Waals surface area (Å²) in [4.78, 5) is 23.5. The van der Waals surface area contributed by atoms with E-state index in [0.29, 0.717) is 76.9 Å². The van der Waals surface area contributed by atoms with Gasteiger partial charge in [-0.25, -0.2) is 0 Å². The highest BCUT2D eigenvalue weighted by Gasteiger charge is 2.66. The Balaban J connectivity index is 0.000000184. The van der Waals surface area contributed by atoms with E-state index < -0.39 is 0 Å². The van der Waals surface area contributed by atoms with E-state index in [-0.39, 0.29) is 67.5 Å². The highest BCUT2D eigenvalue weighted by atomic mass is 79.9. The molecular weight excluding hydrogens is 896 g/mol. The van der Waals surface area contributed by atoms with Crippen LogP contribution in [0.1, 0.15) is 171 Å². The quantitative estimate of drug-likeness (QED) is 0.134. The van der Waals surface area contributed by atoms with Crippen molar-refractivity contribution in [2.24, 2.45) is 98.6 Å². The molecule has 0 amide bonds. The van der Waals surface area contributed by atoms with Crippen LogP contribution in [-0.4, -0.2) is 73.4 Å². The second kappa shape index (κ2) is 18.6. The van der Waals surface area contributed by atoms with Crippen LogP contribution in [0.3, 0.4) is 0 Å². The van der Waals surface area contributed by atoms with Crippen molar-refractivity contribution >= 4 is 43.6 Å². The van der Waals surface area contributed by atoms with E-state index >= 15 is 0 Å². The maximum atomic E-state index is 11.9. The largest absolute Gasteiger partial charge is 0.468 e. The van der Waals surface area contributed by atoms with E-state index in [1.165, 1.54) is 58.5 Å². The van der Waals surface area contributed by atoms with Crippen LogP contribution in [-0.2, 0) is 14.3 Å². The summed E-state index contributed by atoms with van der Waals surface area (Å²) in [5.74, 6) is 6.69. The number of alkyl halides is 2. The zero-order valence-corrected chi connectivity index (χ0v) is 42.6. The molecule has 4 N–H and O–H groups in total. The molecule has 0 spiro atoms. The number of hydrogen-bond donors (Lipinski definition) is 4. The number of ether oxygens (including phenoxy) is 1. The van der Waals surface area contributed by atoms with Crippen LogP contribution in [0.2, 0.25) is 0 Å². The summed E-state index contributed by atoms with van der Waals surface area (Å²) in [6, 6.07) is 0. The van der Waals surface area contributed by atoms with Crippen LogP contribution < -0.4 is 0 Å². The molecule has 8 rings (SSSR count). The fourth-order valence-electron chi connectivity index (χ4n) is 18.5. The Kier molecular flexibility index (Phi) is 14.9. The Morgan fingerprint density at radius 1 is 0.623 bits per heavy atom. The molecule has 0 aromatic rings. The number of Topliss-reactive ketones (excluding diaryl/α,β-unsaturated/α-hetero) is 1. The van der Waals surface area contributed by atoms with Crippen molar-refractivity contribution in [1.82, 2.24) is 0 Å². The van der Waals surface area contributed by atoms with Gasteiger partial charge in [-0.05, 0) is 215 Å². The maximum absolute atomic E-state index is 11.9. The molecule has 7 nitrogen and oxygen atoms in total. The normalized spacial score (nSPS) is 50.7. The van der Waals surface area contributed by atoms with Gasteiger partial charge in [-0.15, -0.1) is 0 Å². The third kappa shape index (κ3) is 8.49. The number of aliphatic hydroxyl groups excluding tert-OH is 4. The van der Waals surface area contributed by atoms with Crippen LogP contribution in [0.4, 0.5) is 0 Å². The second-order valence-corrected chi connectivity index (χ2v) is 26.3. The number of halogens is 2. The number of rotatable bonds is 9. The Bertz CT molecular complexity index is 1560. The van der Waals surface area contributed by atoms with Gasteiger partial charge in [0.1, 0.15) is 10.6 Å². The number of carbonyl (C=O) groups is 2. The predicted octanol–water partition coefficient (Wildman–Crippen LogP) is 10.9. The molecule has 0 radical (unpaired) electrons. The van der Waals surface area contributed by atoms with E-state index in [4.69, 9.17) is 4.74 Å². The van der Waals surface area contributed by atoms with Crippen LogP contribution in [0.5, 0.6) is 0 Å².